The van der Waals surface area contributed by atoms with Crippen LogP contribution in [-0.2, 0) is 14.3 Å². The summed E-state index contributed by atoms with van der Waals surface area (Å²) in [5.74, 6) is -1.60. The number of rotatable bonds is 7. The van der Waals surface area contributed by atoms with Gasteiger partial charge < -0.3 is 14.9 Å². The van der Waals surface area contributed by atoms with Crippen molar-refractivity contribution >= 4 is 23.7 Å². The highest BCUT2D eigenvalue weighted by Gasteiger charge is 2.42. The maximum Gasteiger partial charge on any atom is 0.313 e. The van der Waals surface area contributed by atoms with E-state index < -0.39 is 28.7 Å². The number of carboxylic acids is 1. The molecule has 0 aliphatic carbocycles. The second-order valence-electron chi connectivity index (χ2n) is 5.23. The Labute approximate surface area is 128 Å². The van der Waals surface area contributed by atoms with Crippen LogP contribution in [-0.4, -0.2) is 40.6 Å². The third kappa shape index (κ3) is 4.75. The molecule has 6 heteroatoms. The molecule has 0 bridgehead atoms. The van der Waals surface area contributed by atoms with E-state index in [1.165, 1.54) is 18.9 Å². The van der Waals surface area contributed by atoms with Gasteiger partial charge in [-0.15, -0.1) is 11.8 Å². The minimum atomic E-state index is -1.18. The summed E-state index contributed by atoms with van der Waals surface area (Å²) in [6.45, 7) is 3.09. The van der Waals surface area contributed by atoms with Crippen LogP contribution in [0.2, 0.25) is 0 Å². The molecular weight excluding hydrogens is 292 g/mol. The standard InChI is InChI=1S/C15H20O5S/c1-15(2,14(19)20-3)13(18)11(9-12(16)17)21-10-7-5-4-6-8-10/h4-8,11,13,18H,9H2,1-3H3,(H,16,17)/t11-,13-/m1/s1. The lowest BCUT2D eigenvalue weighted by Gasteiger charge is -2.32. The Morgan fingerprint density at radius 1 is 1.29 bits per heavy atom. The van der Waals surface area contributed by atoms with Gasteiger partial charge in [0.25, 0.3) is 0 Å². The number of ether oxygens (including phenoxy) is 1. The Kier molecular flexibility index (Phi) is 6.23. The molecule has 1 aromatic rings. The summed E-state index contributed by atoms with van der Waals surface area (Å²) in [5.41, 5.74) is -1.18. The smallest absolute Gasteiger partial charge is 0.313 e. The first-order valence-corrected chi connectivity index (χ1v) is 7.37. The van der Waals surface area contributed by atoms with Gasteiger partial charge in [-0.2, -0.15) is 0 Å². The van der Waals surface area contributed by atoms with Crippen LogP contribution in [0.1, 0.15) is 20.3 Å². The van der Waals surface area contributed by atoms with Gasteiger partial charge in [0.05, 0.1) is 25.0 Å². The fourth-order valence-corrected chi connectivity index (χ4v) is 3.27. The second kappa shape index (κ2) is 7.47. The highest BCUT2D eigenvalue weighted by molar-refractivity contribution is 8.00. The van der Waals surface area contributed by atoms with Gasteiger partial charge in [0.1, 0.15) is 0 Å². The molecule has 21 heavy (non-hydrogen) atoms. The minimum Gasteiger partial charge on any atom is -0.481 e. The van der Waals surface area contributed by atoms with Crippen LogP contribution in [0, 0.1) is 5.41 Å². The average Bonchev–Trinajstić information content (AvgIpc) is 2.45. The number of esters is 1. The molecule has 0 aromatic heterocycles. The molecule has 116 valence electrons. The highest BCUT2D eigenvalue weighted by atomic mass is 32.2. The number of carbonyl (C=O) groups is 2. The average molecular weight is 312 g/mol. The SMILES string of the molecule is COC(=O)C(C)(C)[C@H](O)[C@@H](CC(=O)O)Sc1ccccc1. The summed E-state index contributed by atoms with van der Waals surface area (Å²) in [6, 6.07) is 9.18. The van der Waals surface area contributed by atoms with Crippen molar-refractivity contribution in [2.45, 2.75) is 36.5 Å². The van der Waals surface area contributed by atoms with Crippen molar-refractivity contribution in [3.05, 3.63) is 30.3 Å². The highest BCUT2D eigenvalue weighted by Crippen LogP contribution is 2.35. The molecule has 0 saturated heterocycles. The molecule has 0 aliphatic rings. The summed E-state index contributed by atoms with van der Waals surface area (Å²) < 4.78 is 4.69. The molecule has 1 aromatic carbocycles. The Morgan fingerprint density at radius 2 is 1.86 bits per heavy atom. The van der Waals surface area contributed by atoms with Gasteiger partial charge in [0.15, 0.2) is 0 Å². The Hall–Kier alpha value is -1.53. The molecule has 5 nitrogen and oxygen atoms in total. The largest absolute Gasteiger partial charge is 0.481 e. The Morgan fingerprint density at radius 3 is 2.33 bits per heavy atom. The molecule has 1 rings (SSSR count). The lowest BCUT2D eigenvalue weighted by molar-refractivity contribution is -0.158. The first-order chi connectivity index (χ1) is 9.78. The predicted molar refractivity (Wildman–Crippen MR) is 80.1 cm³/mol. The van der Waals surface area contributed by atoms with Crippen LogP contribution in [0.25, 0.3) is 0 Å². The summed E-state index contributed by atoms with van der Waals surface area (Å²) >= 11 is 1.24. The van der Waals surface area contributed by atoms with E-state index in [1.54, 1.807) is 13.8 Å². The topological polar surface area (TPSA) is 83.8 Å². The number of methoxy groups -OCH3 is 1. The van der Waals surface area contributed by atoms with E-state index in [-0.39, 0.29) is 6.42 Å². The monoisotopic (exact) mass is 312 g/mol. The number of hydrogen-bond acceptors (Lipinski definition) is 5. The molecule has 2 N–H and O–H groups in total. The molecule has 0 spiro atoms. The third-order valence-electron chi connectivity index (χ3n) is 3.21. The van der Waals surface area contributed by atoms with Gasteiger partial charge >= 0.3 is 11.9 Å². The van der Waals surface area contributed by atoms with Crippen LogP contribution < -0.4 is 0 Å². The number of aliphatic carboxylic acids is 1. The normalized spacial score (nSPS) is 14.3. The summed E-state index contributed by atoms with van der Waals surface area (Å²) in [7, 11) is 1.24. The van der Waals surface area contributed by atoms with E-state index in [0.29, 0.717) is 0 Å². The molecule has 0 fully saturated rings. The van der Waals surface area contributed by atoms with Crippen LogP contribution in [0.5, 0.6) is 0 Å². The van der Waals surface area contributed by atoms with E-state index in [9.17, 15) is 14.7 Å². The maximum absolute atomic E-state index is 11.8. The quantitative estimate of drug-likeness (QED) is 0.593. The zero-order chi connectivity index (χ0) is 16.0. The molecule has 0 aliphatic heterocycles. The van der Waals surface area contributed by atoms with Crippen LogP contribution in [0.4, 0.5) is 0 Å². The first kappa shape index (κ1) is 17.5. The molecule has 0 heterocycles. The van der Waals surface area contributed by atoms with Crippen LogP contribution in [0.15, 0.2) is 35.2 Å². The zero-order valence-corrected chi connectivity index (χ0v) is 13.1. The number of carboxylic acid groups (broad SMARTS) is 1. The van der Waals surface area contributed by atoms with Gasteiger partial charge in [-0.05, 0) is 26.0 Å². The fourth-order valence-electron chi connectivity index (χ4n) is 1.91. The number of carbonyl (C=O) groups excluding carboxylic acids is 1. The van der Waals surface area contributed by atoms with Crippen LogP contribution in [0.3, 0.4) is 0 Å². The van der Waals surface area contributed by atoms with Gasteiger partial charge in [0.2, 0.25) is 0 Å². The number of aliphatic hydroxyl groups is 1. The Balaban J connectivity index is 2.96. The molecule has 0 saturated carbocycles. The van der Waals surface area contributed by atoms with E-state index in [2.05, 4.69) is 4.74 Å². The summed E-state index contributed by atoms with van der Waals surface area (Å²) in [5, 5.41) is 18.8. The summed E-state index contributed by atoms with van der Waals surface area (Å²) in [6.07, 6.45) is -1.40. The summed E-state index contributed by atoms with van der Waals surface area (Å²) in [4.78, 5) is 23.6. The van der Waals surface area contributed by atoms with Gasteiger partial charge in [-0.3, -0.25) is 9.59 Å². The van der Waals surface area contributed by atoms with E-state index in [0.717, 1.165) is 4.90 Å². The maximum atomic E-state index is 11.8. The van der Waals surface area contributed by atoms with E-state index >= 15 is 0 Å². The van der Waals surface area contributed by atoms with E-state index in [4.69, 9.17) is 5.11 Å². The van der Waals surface area contributed by atoms with Crippen molar-refractivity contribution in [3.8, 4) is 0 Å². The lowest BCUT2D eigenvalue weighted by atomic mass is 9.84. The van der Waals surface area contributed by atoms with Crippen molar-refractivity contribution < 1.29 is 24.5 Å². The first-order valence-electron chi connectivity index (χ1n) is 6.49. The van der Waals surface area contributed by atoms with Crippen molar-refractivity contribution in [2.24, 2.45) is 5.41 Å². The number of benzene rings is 1. The Bertz CT molecular complexity index is 486. The zero-order valence-electron chi connectivity index (χ0n) is 12.3. The van der Waals surface area contributed by atoms with Crippen LogP contribution >= 0.6 is 11.8 Å². The van der Waals surface area contributed by atoms with Gasteiger partial charge in [-0.1, -0.05) is 18.2 Å². The van der Waals surface area contributed by atoms with Crippen molar-refractivity contribution in [3.63, 3.8) is 0 Å². The third-order valence-corrected chi connectivity index (χ3v) is 4.48. The van der Waals surface area contributed by atoms with Crippen molar-refractivity contribution in [2.75, 3.05) is 7.11 Å². The van der Waals surface area contributed by atoms with E-state index in [1.807, 2.05) is 30.3 Å². The predicted octanol–water partition coefficient (Wildman–Crippen LogP) is 2.18. The number of thioether (sulfide) groups is 1. The number of aliphatic hydroxyl groups excluding tert-OH is 1. The van der Waals surface area contributed by atoms with Gasteiger partial charge in [-0.25, -0.2) is 0 Å². The minimum absolute atomic E-state index is 0.249. The molecular formula is C15H20O5S. The molecule has 2 atom stereocenters. The van der Waals surface area contributed by atoms with Gasteiger partial charge in [0, 0.05) is 10.1 Å². The van der Waals surface area contributed by atoms with Crippen molar-refractivity contribution in [1.82, 2.24) is 0 Å². The lowest BCUT2D eigenvalue weighted by Crippen LogP contribution is -2.44. The molecule has 0 radical (unpaired) electrons. The van der Waals surface area contributed by atoms with Crippen molar-refractivity contribution in [1.29, 1.82) is 0 Å². The molecule has 0 amide bonds. The fraction of sp³-hybridized carbons (Fsp3) is 0.467. The second-order valence-corrected chi connectivity index (χ2v) is 6.54. The number of hydrogen-bond donors (Lipinski definition) is 2. The molecule has 0 unspecified atom stereocenters.